The van der Waals surface area contributed by atoms with Crippen molar-refractivity contribution in [2.24, 2.45) is 0 Å². The molecule has 0 unspecified atom stereocenters. The molecule has 1 saturated heterocycles. The summed E-state index contributed by atoms with van der Waals surface area (Å²) in [4.78, 5) is 14.0. The summed E-state index contributed by atoms with van der Waals surface area (Å²) in [6.07, 6.45) is 3.00. The predicted octanol–water partition coefficient (Wildman–Crippen LogP) is 2.37. The van der Waals surface area contributed by atoms with E-state index in [4.69, 9.17) is 9.47 Å². The quantitative estimate of drug-likeness (QED) is 0.769. The van der Waals surface area contributed by atoms with Crippen LogP contribution in [0.3, 0.4) is 0 Å². The number of likely N-dealkylation sites (N-methyl/N-ethyl adjacent to an activating group) is 1. The third-order valence-corrected chi connectivity index (χ3v) is 5.39. The highest BCUT2D eigenvalue weighted by atomic mass is 16.5. The van der Waals surface area contributed by atoms with Gasteiger partial charge in [-0.1, -0.05) is 37.3 Å². The number of quaternary nitrogens is 1. The van der Waals surface area contributed by atoms with Crippen LogP contribution in [0.25, 0.3) is 0 Å². The molecule has 2 rings (SSSR count). The second kappa shape index (κ2) is 8.33. The van der Waals surface area contributed by atoms with Crippen LogP contribution in [-0.4, -0.2) is 44.9 Å². The second-order valence-electron chi connectivity index (χ2n) is 8.11. The monoisotopic (exact) mass is 348 g/mol. The number of hydrogen-bond acceptors (Lipinski definition) is 3. The molecule has 1 fully saturated rings. The summed E-state index contributed by atoms with van der Waals surface area (Å²) in [5.74, 6) is -0.0991. The lowest BCUT2D eigenvalue weighted by Gasteiger charge is -2.46. The average Bonchev–Trinajstić information content (AvgIpc) is 2.54. The molecular formula is C21H34NO3+. The Morgan fingerprint density at radius 2 is 2.00 bits per heavy atom. The highest BCUT2D eigenvalue weighted by molar-refractivity contribution is 5.72. The van der Waals surface area contributed by atoms with Gasteiger partial charge in [-0.15, -0.1) is 0 Å². The molecule has 0 spiro atoms. The van der Waals surface area contributed by atoms with E-state index in [0.29, 0.717) is 13.0 Å². The SMILES string of the molecule is CC[C@]1(C)C[C@@](CC(=O)O[C@@H](C)C[NH+](C)C)(c2ccccc2)CCO1. The Kier molecular flexibility index (Phi) is 6.64. The zero-order valence-corrected chi connectivity index (χ0v) is 16.4. The summed E-state index contributed by atoms with van der Waals surface area (Å²) in [6.45, 7) is 7.79. The summed E-state index contributed by atoms with van der Waals surface area (Å²) in [5.41, 5.74) is 0.834. The van der Waals surface area contributed by atoms with E-state index in [-0.39, 0.29) is 23.1 Å². The van der Waals surface area contributed by atoms with Crippen LogP contribution in [0, 0.1) is 0 Å². The van der Waals surface area contributed by atoms with E-state index in [0.717, 1.165) is 25.8 Å². The molecule has 4 nitrogen and oxygen atoms in total. The molecule has 3 atom stereocenters. The van der Waals surface area contributed by atoms with Crippen LogP contribution >= 0.6 is 0 Å². The molecule has 1 aliphatic heterocycles. The number of carbonyl (C=O) groups is 1. The number of rotatable bonds is 7. The first-order valence-electron chi connectivity index (χ1n) is 9.47. The zero-order chi connectivity index (χ0) is 18.5. The van der Waals surface area contributed by atoms with Crippen LogP contribution in [0.2, 0.25) is 0 Å². The Morgan fingerprint density at radius 3 is 2.60 bits per heavy atom. The molecule has 0 bridgehead atoms. The fourth-order valence-electron chi connectivity index (χ4n) is 4.03. The van der Waals surface area contributed by atoms with E-state index in [2.05, 4.69) is 52.2 Å². The standard InChI is InChI=1S/C21H33NO3/c1-6-20(3)16-21(12-13-24-20,18-10-8-7-9-11-18)14-19(23)25-17(2)15-22(4)5/h7-11,17H,6,12-16H2,1-5H3/p+1/t17-,20+,21+/m0/s1. The minimum Gasteiger partial charge on any atom is -0.457 e. The maximum absolute atomic E-state index is 12.7. The van der Waals surface area contributed by atoms with Crippen molar-refractivity contribution in [3.05, 3.63) is 35.9 Å². The molecule has 140 valence electrons. The molecule has 0 aliphatic carbocycles. The summed E-state index contributed by atoms with van der Waals surface area (Å²) >= 11 is 0. The first-order valence-corrected chi connectivity index (χ1v) is 9.47. The first kappa shape index (κ1) is 19.9. The topological polar surface area (TPSA) is 40.0 Å². The van der Waals surface area contributed by atoms with Gasteiger partial charge >= 0.3 is 5.97 Å². The third kappa shape index (κ3) is 5.29. The summed E-state index contributed by atoms with van der Waals surface area (Å²) in [6, 6.07) is 10.4. The first-order chi connectivity index (χ1) is 11.8. The van der Waals surface area contributed by atoms with Crippen LogP contribution in [0.1, 0.15) is 52.0 Å². The van der Waals surface area contributed by atoms with E-state index >= 15 is 0 Å². The van der Waals surface area contributed by atoms with Crippen molar-refractivity contribution in [3.8, 4) is 0 Å². The Morgan fingerprint density at radius 1 is 1.32 bits per heavy atom. The molecule has 0 amide bonds. The fraction of sp³-hybridized carbons (Fsp3) is 0.667. The van der Waals surface area contributed by atoms with Crippen LogP contribution in [0.4, 0.5) is 0 Å². The predicted molar refractivity (Wildman–Crippen MR) is 99.9 cm³/mol. The maximum Gasteiger partial charge on any atom is 0.307 e. The zero-order valence-electron chi connectivity index (χ0n) is 16.4. The third-order valence-electron chi connectivity index (χ3n) is 5.39. The van der Waals surface area contributed by atoms with Gasteiger partial charge in [-0.25, -0.2) is 0 Å². The number of benzene rings is 1. The van der Waals surface area contributed by atoms with Crippen molar-refractivity contribution in [1.29, 1.82) is 0 Å². The van der Waals surface area contributed by atoms with E-state index in [9.17, 15) is 4.79 Å². The van der Waals surface area contributed by atoms with Crippen molar-refractivity contribution >= 4 is 5.97 Å². The van der Waals surface area contributed by atoms with Crippen LogP contribution in [0.5, 0.6) is 0 Å². The van der Waals surface area contributed by atoms with Crippen molar-refractivity contribution < 1.29 is 19.2 Å². The Labute approximate surface area is 152 Å². The molecule has 1 aliphatic rings. The van der Waals surface area contributed by atoms with Gasteiger partial charge in [0, 0.05) is 12.0 Å². The number of nitrogens with one attached hydrogen (secondary N) is 1. The molecule has 1 N–H and O–H groups in total. The molecule has 1 heterocycles. The van der Waals surface area contributed by atoms with Crippen LogP contribution < -0.4 is 4.90 Å². The largest absolute Gasteiger partial charge is 0.457 e. The normalized spacial score (nSPS) is 27.9. The number of esters is 1. The minimum atomic E-state index is -0.202. The van der Waals surface area contributed by atoms with E-state index < -0.39 is 0 Å². The Bertz CT molecular complexity index is 560. The molecule has 0 radical (unpaired) electrons. The van der Waals surface area contributed by atoms with Crippen LogP contribution in [-0.2, 0) is 19.7 Å². The Hall–Kier alpha value is -1.39. The van der Waals surface area contributed by atoms with Gasteiger partial charge in [0.15, 0.2) is 0 Å². The van der Waals surface area contributed by atoms with Crippen LogP contribution in [0.15, 0.2) is 30.3 Å². The second-order valence-corrected chi connectivity index (χ2v) is 8.11. The lowest BCUT2D eigenvalue weighted by atomic mass is 9.66. The van der Waals surface area contributed by atoms with Gasteiger partial charge in [-0.3, -0.25) is 4.79 Å². The molecular weight excluding hydrogens is 314 g/mol. The van der Waals surface area contributed by atoms with Gasteiger partial charge in [0.25, 0.3) is 0 Å². The molecule has 25 heavy (non-hydrogen) atoms. The van der Waals surface area contributed by atoms with Crippen molar-refractivity contribution in [2.75, 3.05) is 27.2 Å². The summed E-state index contributed by atoms with van der Waals surface area (Å²) < 4.78 is 11.8. The van der Waals surface area contributed by atoms with Gasteiger partial charge in [-0.05, 0) is 38.7 Å². The molecule has 4 heteroatoms. The molecule has 1 aromatic rings. The molecule has 1 aromatic carbocycles. The smallest absolute Gasteiger partial charge is 0.307 e. The van der Waals surface area contributed by atoms with Crippen molar-refractivity contribution in [1.82, 2.24) is 0 Å². The lowest BCUT2D eigenvalue weighted by molar-refractivity contribution is -0.861. The van der Waals surface area contributed by atoms with Gasteiger partial charge in [0.1, 0.15) is 12.6 Å². The Balaban J connectivity index is 2.20. The van der Waals surface area contributed by atoms with Gasteiger partial charge < -0.3 is 14.4 Å². The highest BCUT2D eigenvalue weighted by Crippen LogP contribution is 2.45. The lowest BCUT2D eigenvalue weighted by Crippen LogP contribution is -3.07. The molecule has 0 saturated carbocycles. The van der Waals surface area contributed by atoms with E-state index in [1.54, 1.807) is 0 Å². The van der Waals surface area contributed by atoms with Gasteiger partial charge in [-0.2, -0.15) is 0 Å². The highest BCUT2D eigenvalue weighted by Gasteiger charge is 2.45. The number of hydrogen-bond donors (Lipinski definition) is 1. The van der Waals surface area contributed by atoms with Crippen molar-refractivity contribution in [2.45, 2.75) is 63.6 Å². The average molecular weight is 349 g/mol. The summed E-state index contributed by atoms with van der Waals surface area (Å²) in [7, 11) is 4.14. The molecule has 0 aromatic heterocycles. The van der Waals surface area contributed by atoms with E-state index in [1.165, 1.54) is 10.5 Å². The number of carbonyl (C=O) groups excluding carboxylic acids is 1. The summed E-state index contributed by atoms with van der Waals surface area (Å²) in [5, 5.41) is 0. The van der Waals surface area contributed by atoms with Gasteiger partial charge in [0.2, 0.25) is 0 Å². The minimum absolute atomic E-state index is 0.0669. The van der Waals surface area contributed by atoms with Gasteiger partial charge in [0.05, 0.1) is 26.1 Å². The van der Waals surface area contributed by atoms with Crippen molar-refractivity contribution in [3.63, 3.8) is 0 Å². The fourth-order valence-corrected chi connectivity index (χ4v) is 4.03. The maximum atomic E-state index is 12.7. The number of ether oxygens (including phenoxy) is 2. The van der Waals surface area contributed by atoms with E-state index in [1.807, 2.05) is 13.0 Å².